The number of rotatable bonds is 10. The summed E-state index contributed by atoms with van der Waals surface area (Å²) >= 11 is 0. The van der Waals surface area contributed by atoms with Crippen LogP contribution in [-0.4, -0.2) is 11.3 Å². The fraction of sp³-hybridized carbons (Fsp3) is 0.0930. The van der Waals surface area contributed by atoms with Crippen LogP contribution in [0.25, 0.3) is 72.0 Å². The third-order valence-electron chi connectivity index (χ3n) is 18.5. The van der Waals surface area contributed by atoms with Crippen LogP contribution in [0.1, 0.15) is 59.5 Å². The smallest absolute Gasteiger partial charge is 0.252 e. The Kier molecular flexibility index (Phi) is 12.1. The first-order valence-electron chi connectivity index (χ1n) is 34.0. The minimum Gasteiger partial charge on any atom is -0.311 e. The standard InChI is InChI=1S/C86H69BN4/c1-85(2,3)63-53-72(60-32-16-9-17-33-60)84(73(54-63)61-34-18-10-19-35-61)91-79-52-62(58-28-12-7-13-29-58)44-50-74(79)87-75-51-49-68(57-80(75)90(81-55-64(86(4,5)6)56-82(91)83(81)87)76-41-25-22-38-69(76)59-30-14-8-15-31-59)88(65-36-20-11-21-37-65)66-45-47-67(48-46-66)89-77-42-26-23-39-70(77)71-40-24-27-43-78(71)89/h7-57H,1-6H3/i7D,12D,13D,28D,29D. The van der Waals surface area contributed by atoms with Gasteiger partial charge in [-0.2, -0.15) is 0 Å². The van der Waals surface area contributed by atoms with Crippen molar-refractivity contribution in [2.45, 2.75) is 52.4 Å². The van der Waals surface area contributed by atoms with Gasteiger partial charge < -0.3 is 19.3 Å². The second-order valence-electron chi connectivity index (χ2n) is 26.1. The second-order valence-corrected chi connectivity index (χ2v) is 26.1. The van der Waals surface area contributed by atoms with Gasteiger partial charge >= 0.3 is 0 Å². The summed E-state index contributed by atoms with van der Waals surface area (Å²) in [5, 5.41) is 2.43. The molecule has 14 aromatic rings. The van der Waals surface area contributed by atoms with Crippen molar-refractivity contribution in [3.8, 4) is 50.2 Å². The number of benzene rings is 13. The lowest BCUT2D eigenvalue weighted by Crippen LogP contribution is -2.61. The minimum atomic E-state index is -0.428. The van der Waals surface area contributed by atoms with Crippen molar-refractivity contribution in [3.05, 3.63) is 320 Å². The summed E-state index contributed by atoms with van der Waals surface area (Å²) < 4.78 is 48.1. The maximum atomic E-state index is 9.49. The molecular formula is C86H69BN4. The molecule has 1 aromatic heterocycles. The van der Waals surface area contributed by atoms with Crippen molar-refractivity contribution < 1.29 is 6.85 Å². The van der Waals surface area contributed by atoms with Crippen molar-refractivity contribution in [1.29, 1.82) is 0 Å². The lowest BCUT2D eigenvalue weighted by molar-refractivity contribution is 0.590. The van der Waals surface area contributed by atoms with Crippen LogP contribution in [0.4, 0.5) is 51.2 Å². The van der Waals surface area contributed by atoms with Gasteiger partial charge in [0.1, 0.15) is 0 Å². The highest BCUT2D eigenvalue weighted by Crippen LogP contribution is 2.54. The monoisotopic (exact) mass is 1170 g/mol. The highest BCUT2D eigenvalue weighted by Gasteiger charge is 2.46. The second kappa shape index (κ2) is 22.0. The number of hydrogen-bond acceptors (Lipinski definition) is 3. The molecule has 0 atom stereocenters. The number of para-hydroxylation sites is 4. The Morgan fingerprint density at radius 1 is 0.341 bits per heavy atom. The average Bonchev–Trinajstić information content (AvgIpc) is 0.846. The number of nitrogens with zero attached hydrogens (tertiary/aromatic N) is 4. The molecule has 2 aliphatic heterocycles. The number of hydrogen-bond donors (Lipinski definition) is 0. The lowest BCUT2D eigenvalue weighted by Gasteiger charge is -2.46. The molecule has 0 unspecified atom stereocenters. The van der Waals surface area contributed by atoms with Gasteiger partial charge in [0.15, 0.2) is 0 Å². The van der Waals surface area contributed by atoms with Gasteiger partial charge in [0, 0.05) is 73.0 Å². The largest absolute Gasteiger partial charge is 0.311 e. The van der Waals surface area contributed by atoms with E-state index in [2.05, 4.69) is 334 Å². The van der Waals surface area contributed by atoms with Gasteiger partial charge in [-0.05, 0) is 163 Å². The van der Waals surface area contributed by atoms with E-state index in [1.54, 1.807) is 0 Å². The van der Waals surface area contributed by atoms with Crippen LogP contribution in [0.15, 0.2) is 309 Å². The first-order valence-corrected chi connectivity index (χ1v) is 31.5. The predicted octanol–water partition coefficient (Wildman–Crippen LogP) is 21.6. The molecule has 0 N–H and O–H groups in total. The zero-order valence-electron chi connectivity index (χ0n) is 56.9. The predicted molar refractivity (Wildman–Crippen MR) is 389 cm³/mol. The van der Waals surface area contributed by atoms with Crippen LogP contribution in [0.5, 0.6) is 0 Å². The number of aromatic nitrogens is 1. The molecule has 13 aromatic carbocycles. The third-order valence-corrected chi connectivity index (χ3v) is 18.5. The van der Waals surface area contributed by atoms with Gasteiger partial charge in [-0.1, -0.05) is 254 Å². The zero-order valence-corrected chi connectivity index (χ0v) is 51.9. The first-order chi connectivity index (χ1) is 46.5. The van der Waals surface area contributed by atoms with Gasteiger partial charge in [-0.25, -0.2) is 0 Å². The maximum Gasteiger partial charge on any atom is 0.252 e. The van der Waals surface area contributed by atoms with E-state index in [0.29, 0.717) is 5.56 Å². The topological polar surface area (TPSA) is 14.7 Å². The molecule has 5 heteroatoms. The van der Waals surface area contributed by atoms with E-state index in [9.17, 15) is 2.74 Å². The summed E-state index contributed by atoms with van der Waals surface area (Å²) in [5.74, 6) is 0. The highest BCUT2D eigenvalue weighted by molar-refractivity contribution is 7.00. The Hall–Kier alpha value is -10.9. The van der Waals surface area contributed by atoms with Gasteiger partial charge in [-0.3, -0.25) is 0 Å². The molecule has 0 radical (unpaired) electrons. The molecule has 2 aliphatic rings. The van der Waals surface area contributed by atoms with Crippen LogP contribution in [-0.2, 0) is 10.8 Å². The molecule has 0 saturated carbocycles. The van der Waals surface area contributed by atoms with Gasteiger partial charge in [0.25, 0.3) is 6.71 Å². The van der Waals surface area contributed by atoms with E-state index >= 15 is 0 Å². The molecule has 16 rings (SSSR count). The van der Waals surface area contributed by atoms with Gasteiger partial charge in [-0.15, -0.1) is 0 Å². The van der Waals surface area contributed by atoms with E-state index in [1.807, 2.05) is 6.07 Å². The van der Waals surface area contributed by atoms with E-state index in [4.69, 9.17) is 4.11 Å². The summed E-state index contributed by atoms with van der Waals surface area (Å²) in [7, 11) is 0. The van der Waals surface area contributed by atoms with E-state index in [1.165, 1.54) is 16.3 Å². The summed E-state index contributed by atoms with van der Waals surface area (Å²) in [6, 6.07) is 98.9. The highest BCUT2D eigenvalue weighted by atomic mass is 15.2. The fourth-order valence-corrected chi connectivity index (χ4v) is 14.1. The van der Waals surface area contributed by atoms with E-state index < -0.39 is 6.04 Å². The quantitative estimate of drug-likeness (QED) is 0.127. The van der Waals surface area contributed by atoms with Crippen LogP contribution in [0.2, 0.25) is 0 Å². The Labute approximate surface area is 542 Å². The minimum absolute atomic E-state index is 0.148. The normalized spacial score (nSPS) is 13.4. The Morgan fingerprint density at radius 2 is 0.802 bits per heavy atom. The summed E-state index contributed by atoms with van der Waals surface area (Å²) in [5.41, 5.74) is 24.1. The maximum absolute atomic E-state index is 9.49. The zero-order chi connectivity index (χ0) is 65.9. The SMILES string of the molecule is [2H]c1c([2H])c([2H])c(-c2ccc3c(c2)N(c2c(-c4ccccc4)cc(C(C)(C)C)cc2-c2ccccc2)c2cc(C(C)(C)C)cc4c2B3c2ccc(N(c3ccccc3)c3ccc(-n5c6ccccc6c6ccccc65)cc3)cc2N4c2ccccc2-c2ccccc2)c([2H])c1[2H]. The van der Waals surface area contributed by atoms with Crippen LogP contribution < -0.4 is 31.1 Å². The van der Waals surface area contributed by atoms with Crippen molar-refractivity contribution >= 4 is 96.1 Å². The third kappa shape index (κ3) is 9.54. The van der Waals surface area contributed by atoms with Crippen LogP contribution >= 0.6 is 0 Å². The molecule has 0 fully saturated rings. The molecule has 0 aliphatic carbocycles. The Morgan fingerprint density at radius 3 is 1.38 bits per heavy atom. The fourth-order valence-electron chi connectivity index (χ4n) is 14.1. The summed E-state index contributed by atoms with van der Waals surface area (Å²) in [4.78, 5) is 7.37. The number of anilines is 9. The summed E-state index contributed by atoms with van der Waals surface area (Å²) in [6.07, 6.45) is 0. The molecule has 436 valence electrons. The van der Waals surface area contributed by atoms with Gasteiger partial charge in [0.05, 0.1) is 29.3 Å². The van der Waals surface area contributed by atoms with Crippen molar-refractivity contribution in [2.75, 3.05) is 14.7 Å². The molecule has 4 nitrogen and oxygen atoms in total. The first kappa shape index (κ1) is 50.0. The van der Waals surface area contributed by atoms with E-state index in [0.717, 1.165) is 123 Å². The Balaban J connectivity index is 1.01. The Bertz CT molecular complexity index is 5250. The average molecular weight is 1170 g/mol. The van der Waals surface area contributed by atoms with Gasteiger partial charge in [0.2, 0.25) is 0 Å². The van der Waals surface area contributed by atoms with Crippen molar-refractivity contribution in [1.82, 2.24) is 4.57 Å². The molecule has 0 saturated heterocycles. The van der Waals surface area contributed by atoms with Crippen molar-refractivity contribution in [3.63, 3.8) is 0 Å². The van der Waals surface area contributed by atoms with Crippen LogP contribution in [0, 0.1) is 0 Å². The molecule has 0 spiro atoms. The molecule has 0 bridgehead atoms. The molecule has 0 amide bonds. The van der Waals surface area contributed by atoms with Crippen LogP contribution in [0.3, 0.4) is 0 Å². The number of fused-ring (bicyclic) bond motifs is 7. The molecule has 3 heterocycles. The summed E-state index contributed by atoms with van der Waals surface area (Å²) in [6.45, 7) is 13.3. The van der Waals surface area contributed by atoms with E-state index in [-0.39, 0.29) is 47.3 Å². The lowest BCUT2D eigenvalue weighted by atomic mass is 9.33. The van der Waals surface area contributed by atoms with Crippen molar-refractivity contribution in [2.24, 2.45) is 0 Å². The molecular weight excluding hydrogens is 1100 g/mol. The molecule has 91 heavy (non-hydrogen) atoms.